The summed E-state index contributed by atoms with van der Waals surface area (Å²) in [6.45, 7) is 1.64. The third-order valence-corrected chi connectivity index (χ3v) is 11.4. The minimum absolute atomic E-state index is 0.0783. The molecule has 1 N–H and O–H groups in total. The van der Waals surface area contributed by atoms with Gasteiger partial charge >= 0.3 is 12.4 Å². The van der Waals surface area contributed by atoms with E-state index in [4.69, 9.17) is 0 Å². The Morgan fingerprint density at radius 1 is 0.712 bits per heavy atom. The maximum absolute atomic E-state index is 14.6. The fraction of sp³-hybridized carbons (Fsp3) is 0.282. The van der Waals surface area contributed by atoms with E-state index in [2.05, 4.69) is 0 Å². The molecular weight excluding hydrogens is 690 g/mol. The molecule has 52 heavy (non-hydrogen) atoms. The maximum atomic E-state index is 14.6. The van der Waals surface area contributed by atoms with Crippen LogP contribution in [0, 0.1) is 29.1 Å². The number of hydrogen-bond acceptors (Lipinski definition) is 5. The third-order valence-electron chi connectivity index (χ3n) is 11.4. The van der Waals surface area contributed by atoms with E-state index in [1.807, 2.05) is 0 Å². The van der Waals surface area contributed by atoms with Crippen LogP contribution in [0.15, 0.2) is 96.6 Å². The van der Waals surface area contributed by atoms with Crippen LogP contribution < -0.4 is 9.80 Å². The Kier molecular flexibility index (Phi) is 7.30. The molecule has 4 amide bonds. The summed E-state index contributed by atoms with van der Waals surface area (Å²) in [5.41, 5.74) is -4.60. The van der Waals surface area contributed by atoms with Crippen molar-refractivity contribution in [2.75, 3.05) is 9.80 Å². The Morgan fingerprint density at radius 3 is 2.00 bits per heavy atom. The lowest BCUT2D eigenvalue weighted by molar-refractivity contribution is -0.143. The molecule has 2 aliphatic heterocycles. The van der Waals surface area contributed by atoms with Gasteiger partial charge in [-0.25, -0.2) is 9.80 Å². The molecule has 6 unspecified atom stereocenters. The Labute approximate surface area is 292 Å². The van der Waals surface area contributed by atoms with Gasteiger partial charge in [-0.05, 0) is 61.4 Å². The number of para-hydroxylation sites is 1. The summed E-state index contributed by atoms with van der Waals surface area (Å²) in [4.78, 5) is 58.6. The van der Waals surface area contributed by atoms with Gasteiger partial charge in [-0.3, -0.25) is 19.2 Å². The van der Waals surface area contributed by atoms with Gasteiger partial charge in [0, 0.05) is 16.9 Å². The van der Waals surface area contributed by atoms with Crippen LogP contribution in [0.2, 0.25) is 0 Å². The number of halogens is 6. The summed E-state index contributed by atoms with van der Waals surface area (Å²) < 4.78 is 82.8. The molecule has 0 bridgehead atoms. The second kappa shape index (κ2) is 11.3. The number of hydrogen-bond donors (Lipinski definition) is 1. The summed E-state index contributed by atoms with van der Waals surface area (Å²) in [5, 5.41) is 12.9. The molecule has 0 aromatic heterocycles. The van der Waals surface area contributed by atoms with E-state index >= 15 is 0 Å². The predicted molar refractivity (Wildman–Crippen MR) is 176 cm³/mol. The molecule has 2 heterocycles. The lowest BCUT2D eigenvalue weighted by atomic mass is 9.51. The average molecular weight is 719 g/mol. The van der Waals surface area contributed by atoms with Crippen LogP contribution in [0.1, 0.15) is 42.4 Å². The Morgan fingerprint density at radius 2 is 1.35 bits per heavy atom. The Balaban J connectivity index is 1.28. The molecule has 3 fully saturated rings. The zero-order chi connectivity index (χ0) is 37.1. The first-order valence-corrected chi connectivity index (χ1v) is 16.5. The zero-order valence-corrected chi connectivity index (χ0v) is 27.2. The number of benzene rings is 4. The molecule has 0 radical (unpaired) electrons. The molecule has 6 atom stereocenters. The molecule has 13 heteroatoms. The van der Waals surface area contributed by atoms with Crippen LogP contribution in [0.4, 0.5) is 37.7 Å². The normalized spacial score (nSPS) is 27.5. The second-order valence-corrected chi connectivity index (χ2v) is 14.0. The summed E-state index contributed by atoms with van der Waals surface area (Å²) in [5.74, 6) is -8.61. The van der Waals surface area contributed by atoms with E-state index in [0.29, 0.717) is 44.6 Å². The predicted octanol–water partition coefficient (Wildman–Crippen LogP) is 8.02. The Hall–Kier alpha value is -5.46. The molecule has 8 rings (SSSR count). The van der Waals surface area contributed by atoms with Crippen LogP contribution in [0.25, 0.3) is 10.8 Å². The number of anilines is 2. The van der Waals surface area contributed by atoms with E-state index < -0.39 is 87.8 Å². The second-order valence-electron chi connectivity index (χ2n) is 14.0. The maximum Gasteiger partial charge on any atom is 0.416 e. The number of carbonyl (C=O) groups is 4. The highest BCUT2D eigenvalue weighted by Gasteiger charge is 2.68. The fourth-order valence-corrected chi connectivity index (χ4v) is 9.01. The van der Waals surface area contributed by atoms with Gasteiger partial charge in [0.1, 0.15) is 5.75 Å². The number of aromatic hydroxyl groups is 1. The number of nitrogens with zero attached hydrogens (tertiary/aromatic N) is 2. The van der Waals surface area contributed by atoms with E-state index in [1.165, 1.54) is 0 Å². The number of carbonyl (C=O) groups excluding carboxylic acids is 4. The number of allylic oxidation sites excluding steroid dienone is 2. The monoisotopic (exact) mass is 718 g/mol. The number of phenolic OH excluding ortho intramolecular Hbond substituents is 1. The molecule has 0 spiro atoms. The quantitative estimate of drug-likeness (QED) is 0.132. The van der Waals surface area contributed by atoms with E-state index in [9.17, 15) is 50.6 Å². The lowest BCUT2D eigenvalue weighted by Gasteiger charge is -2.49. The Bertz CT molecular complexity index is 2220. The van der Waals surface area contributed by atoms with E-state index in [1.54, 1.807) is 79.7 Å². The fourth-order valence-electron chi connectivity index (χ4n) is 9.01. The minimum Gasteiger partial charge on any atom is -0.507 e. The molecule has 7 nitrogen and oxygen atoms in total. The van der Waals surface area contributed by atoms with Gasteiger partial charge in [-0.1, -0.05) is 66.2 Å². The number of amides is 4. The highest BCUT2D eigenvalue weighted by Crippen LogP contribution is 2.65. The van der Waals surface area contributed by atoms with Crippen molar-refractivity contribution in [3.05, 3.63) is 113 Å². The van der Waals surface area contributed by atoms with Crippen molar-refractivity contribution in [2.45, 2.75) is 38.0 Å². The number of alkyl halides is 6. The lowest BCUT2D eigenvalue weighted by Crippen LogP contribution is -2.48. The van der Waals surface area contributed by atoms with Gasteiger partial charge in [0.15, 0.2) is 0 Å². The van der Waals surface area contributed by atoms with Crippen LogP contribution in [-0.4, -0.2) is 28.7 Å². The van der Waals surface area contributed by atoms with Gasteiger partial charge in [0.25, 0.3) is 0 Å². The minimum atomic E-state index is -5.22. The van der Waals surface area contributed by atoms with Crippen LogP contribution >= 0.6 is 0 Å². The summed E-state index contributed by atoms with van der Waals surface area (Å²) in [7, 11) is 0. The van der Waals surface area contributed by atoms with Gasteiger partial charge < -0.3 is 5.11 Å². The molecule has 4 aromatic carbocycles. The molecule has 2 saturated heterocycles. The molecule has 266 valence electrons. The number of imide groups is 2. The standard InChI is InChI=1S/C39H28F6N2O5/c1-37-29(34(50)47(36(37)52)22-8-3-2-4-9-22)18-28-25(31(37)27-12-11-19-7-5-6-10-24(19)32(27)48)13-14-26-30(28)35(51)46(33(26)49)23-16-20(38(40,41)42)15-21(17-23)39(43,44)45/h2-13,15-17,26,28-31,48H,14,18H2,1H3. The van der Waals surface area contributed by atoms with Gasteiger partial charge in [-0.15, -0.1) is 0 Å². The summed E-state index contributed by atoms with van der Waals surface area (Å²) in [6.07, 6.45) is -8.97. The van der Waals surface area contributed by atoms with Crippen LogP contribution in [0.5, 0.6) is 5.75 Å². The molecule has 2 aliphatic carbocycles. The van der Waals surface area contributed by atoms with Gasteiger partial charge in [-0.2, -0.15) is 26.3 Å². The van der Waals surface area contributed by atoms with Crippen LogP contribution in [-0.2, 0) is 31.5 Å². The molecule has 4 aromatic rings. The van der Waals surface area contributed by atoms with Crippen molar-refractivity contribution in [1.29, 1.82) is 0 Å². The van der Waals surface area contributed by atoms with E-state index in [0.717, 1.165) is 4.90 Å². The first-order valence-electron chi connectivity index (χ1n) is 16.5. The summed E-state index contributed by atoms with van der Waals surface area (Å²) in [6, 6.07) is 19.3. The first-order chi connectivity index (χ1) is 24.5. The van der Waals surface area contributed by atoms with Crippen molar-refractivity contribution in [3.8, 4) is 5.75 Å². The van der Waals surface area contributed by atoms with Crippen molar-refractivity contribution in [2.24, 2.45) is 29.1 Å². The number of phenols is 1. The van der Waals surface area contributed by atoms with E-state index in [-0.39, 0.29) is 24.7 Å². The zero-order valence-electron chi connectivity index (χ0n) is 27.2. The molecule has 4 aliphatic rings. The van der Waals surface area contributed by atoms with Crippen molar-refractivity contribution in [1.82, 2.24) is 0 Å². The smallest absolute Gasteiger partial charge is 0.416 e. The number of fused-ring (bicyclic) bond motifs is 5. The topological polar surface area (TPSA) is 95.0 Å². The van der Waals surface area contributed by atoms with Crippen LogP contribution in [0.3, 0.4) is 0 Å². The van der Waals surface area contributed by atoms with Crippen molar-refractivity contribution in [3.63, 3.8) is 0 Å². The molecule has 1 saturated carbocycles. The SMILES string of the molecule is CC12C(=O)N(c3ccccc3)C(=O)C1CC1C(=CCC3C(=O)N(c4cc(C(F)(F)F)cc(C(F)(F)F)c4)C(=O)C31)C2c1ccc2ccccc2c1O. The first kappa shape index (κ1) is 33.7. The van der Waals surface area contributed by atoms with Gasteiger partial charge in [0.05, 0.1) is 45.7 Å². The third kappa shape index (κ3) is 4.73. The average Bonchev–Trinajstić information content (AvgIpc) is 3.47. The van der Waals surface area contributed by atoms with Crippen molar-refractivity contribution < 1.29 is 50.6 Å². The number of rotatable bonds is 3. The largest absolute Gasteiger partial charge is 0.507 e. The highest BCUT2D eigenvalue weighted by atomic mass is 19.4. The highest BCUT2D eigenvalue weighted by molar-refractivity contribution is 6.25. The van der Waals surface area contributed by atoms with Crippen molar-refractivity contribution >= 4 is 45.8 Å². The van der Waals surface area contributed by atoms with Gasteiger partial charge in [0.2, 0.25) is 23.6 Å². The molecular formula is C39H28F6N2O5. The summed E-state index contributed by atoms with van der Waals surface area (Å²) >= 11 is 0.